The highest BCUT2D eigenvalue weighted by atomic mass is 79.9. The van der Waals surface area contributed by atoms with Gasteiger partial charge in [0.05, 0.1) is 12.6 Å². The molecule has 1 aliphatic rings. The summed E-state index contributed by atoms with van der Waals surface area (Å²) >= 11 is 3.58. The van der Waals surface area contributed by atoms with Gasteiger partial charge in [-0.2, -0.15) is 4.99 Å². The summed E-state index contributed by atoms with van der Waals surface area (Å²) in [4.78, 5) is 14.6. The van der Waals surface area contributed by atoms with Gasteiger partial charge in [-0.3, -0.25) is 0 Å². The Morgan fingerprint density at radius 1 is 1.47 bits per heavy atom. The van der Waals surface area contributed by atoms with E-state index in [-0.39, 0.29) is 5.54 Å². The number of isocyanates is 1. The zero-order valence-electron chi connectivity index (χ0n) is 9.92. The van der Waals surface area contributed by atoms with E-state index in [1.807, 2.05) is 19.1 Å². The summed E-state index contributed by atoms with van der Waals surface area (Å²) in [6.07, 6.45) is 4.59. The normalized spacial score (nSPS) is 16.9. The van der Waals surface area contributed by atoms with Gasteiger partial charge in [-0.15, -0.1) is 0 Å². The van der Waals surface area contributed by atoms with Gasteiger partial charge in [0.1, 0.15) is 5.75 Å². The lowest BCUT2D eigenvalue weighted by Gasteiger charge is -2.38. The van der Waals surface area contributed by atoms with Crippen LogP contribution in [0.15, 0.2) is 21.6 Å². The van der Waals surface area contributed by atoms with Crippen LogP contribution in [0.2, 0.25) is 0 Å². The van der Waals surface area contributed by atoms with Crippen LogP contribution >= 0.6 is 15.9 Å². The van der Waals surface area contributed by atoms with E-state index in [1.165, 1.54) is 0 Å². The average molecular weight is 296 g/mol. The van der Waals surface area contributed by atoms with Crippen molar-refractivity contribution in [2.45, 2.75) is 31.7 Å². The Balaban J connectivity index is 2.57. The Hall–Kier alpha value is -1.12. The quantitative estimate of drug-likeness (QED) is 0.632. The molecule has 2 rings (SSSR count). The maximum Gasteiger partial charge on any atom is 0.235 e. The van der Waals surface area contributed by atoms with Crippen LogP contribution in [0.1, 0.15) is 30.4 Å². The molecular weight excluding hydrogens is 282 g/mol. The minimum Gasteiger partial charge on any atom is -0.497 e. The number of rotatable bonds is 3. The fraction of sp³-hybridized carbons (Fsp3) is 0.462. The molecule has 0 N–H and O–H groups in total. The molecule has 0 heterocycles. The first-order chi connectivity index (χ1) is 8.13. The van der Waals surface area contributed by atoms with Gasteiger partial charge in [0, 0.05) is 4.47 Å². The first-order valence-electron chi connectivity index (χ1n) is 5.56. The van der Waals surface area contributed by atoms with Crippen LogP contribution < -0.4 is 4.74 Å². The van der Waals surface area contributed by atoms with E-state index in [0.717, 1.165) is 40.6 Å². The van der Waals surface area contributed by atoms with Gasteiger partial charge in [-0.1, -0.05) is 15.9 Å². The summed E-state index contributed by atoms with van der Waals surface area (Å²) in [6.45, 7) is 2.01. The maximum atomic E-state index is 10.6. The van der Waals surface area contributed by atoms with Gasteiger partial charge in [-0.05, 0) is 49.4 Å². The molecule has 0 bridgehead atoms. The largest absolute Gasteiger partial charge is 0.497 e. The Labute approximate surface area is 109 Å². The van der Waals surface area contributed by atoms with Gasteiger partial charge < -0.3 is 4.74 Å². The number of ether oxygens (including phenoxy) is 1. The average Bonchev–Trinajstić information content (AvgIpc) is 2.27. The molecule has 0 saturated heterocycles. The van der Waals surface area contributed by atoms with Crippen LogP contribution in [-0.2, 0) is 10.3 Å². The van der Waals surface area contributed by atoms with Gasteiger partial charge >= 0.3 is 0 Å². The van der Waals surface area contributed by atoms with Crippen molar-refractivity contribution in [3.05, 3.63) is 27.7 Å². The van der Waals surface area contributed by atoms with Crippen molar-refractivity contribution in [2.75, 3.05) is 7.11 Å². The van der Waals surface area contributed by atoms with Crippen LogP contribution in [0.3, 0.4) is 0 Å². The topological polar surface area (TPSA) is 38.7 Å². The van der Waals surface area contributed by atoms with E-state index in [2.05, 4.69) is 20.9 Å². The smallest absolute Gasteiger partial charge is 0.235 e. The molecule has 0 amide bonds. The fourth-order valence-corrected chi connectivity index (χ4v) is 2.83. The minimum atomic E-state index is -0.389. The third-order valence-electron chi connectivity index (χ3n) is 3.41. The van der Waals surface area contributed by atoms with E-state index in [9.17, 15) is 4.79 Å². The molecule has 1 aliphatic carbocycles. The number of nitrogens with zero attached hydrogens (tertiary/aromatic N) is 1. The Morgan fingerprint density at radius 2 is 2.18 bits per heavy atom. The van der Waals surface area contributed by atoms with Gasteiger partial charge in [0.25, 0.3) is 0 Å². The van der Waals surface area contributed by atoms with Gasteiger partial charge in [0.2, 0.25) is 6.08 Å². The van der Waals surface area contributed by atoms with Crippen molar-refractivity contribution in [1.29, 1.82) is 0 Å². The SMILES string of the molecule is COc1cc(C)c(Br)c(C2(N=C=O)CCC2)c1. The number of carbonyl (C=O) groups excluding carboxylic acids is 1. The number of halogens is 1. The van der Waals surface area contributed by atoms with Crippen LogP contribution in [0.25, 0.3) is 0 Å². The van der Waals surface area contributed by atoms with Crippen molar-refractivity contribution >= 4 is 22.0 Å². The van der Waals surface area contributed by atoms with E-state index in [1.54, 1.807) is 13.2 Å². The van der Waals surface area contributed by atoms with Crippen molar-refractivity contribution in [2.24, 2.45) is 4.99 Å². The highest BCUT2D eigenvalue weighted by molar-refractivity contribution is 9.10. The number of methoxy groups -OCH3 is 1. The van der Waals surface area contributed by atoms with E-state index in [0.29, 0.717) is 0 Å². The molecule has 1 saturated carbocycles. The molecule has 3 nitrogen and oxygen atoms in total. The van der Waals surface area contributed by atoms with Gasteiger partial charge in [0.15, 0.2) is 0 Å². The summed E-state index contributed by atoms with van der Waals surface area (Å²) in [7, 11) is 1.64. The highest BCUT2D eigenvalue weighted by Crippen LogP contribution is 2.48. The predicted octanol–water partition coefficient (Wildman–Crippen LogP) is 3.48. The Morgan fingerprint density at radius 3 is 2.65 bits per heavy atom. The van der Waals surface area contributed by atoms with Crippen molar-refractivity contribution in [3.63, 3.8) is 0 Å². The number of benzene rings is 1. The van der Waals surface area contributed by atoms with E-state index < -0.39 is 0 Å². The first kappa shape index (κ1) is 12.3. The Kier molecular flexibility index (Phi) is 3.36. The third-order valence-corrected chi connectivity index (χ3v) is 4.46. The van der Waals surface area contributed by atoms with Crippen LogP contribution in [-0.4, -0.2) is 13.2 Å². The molecule has 1 fully saturated rings. The lowest BCUT2D eigenvalue weighted by molar-refractivity contribution is 0.253. The molecule has 0 spiro atoms. The van der Waals surface area contributed by atoms with Crippen LogP contribution in [0.5, 0.6) is 5.75 Å². The van der Waals surface area contributed by atoms with E-state index >= 15 is 0 Å². The third kappa shape index (κ3) is 2.03. The molecule has 0 radical (unpaired) electrons. The summed E-state index contributed by atoms with van der Waals surface area (Å²) in [5.41, 5.74) is 1.73. The minimum absolute atomic E-state index is 0.389. The van der Waals surface area contributed by atoms with Crippen LogP contribution in [0.4, 0.5) is 0 Å². The number of hydrogen-bond acceptors (Lipinski definition) is 3. The molecular formula is C13H14BrNO2. The maximum absolute atomic E-state index is 10.6. The number of aryl methyl sites for hydroxylation is 1. The lowest BCUT2D eigenvalue weighted by Crippen LogP contribution is -2.32. The fourth-order valence-electron chi connectivity index (χ4n) is 2.23. The molecule has 0 unspecified atom stereocenters. The monoisotopic (exact) mass is 295 g/mol. The molecule has 0 atom stereocenters. The molecule has 0 aromatic heterocycles. The van der Waals surface area contributed by atoms with E-state index in [4.69, 9.17) is 4.74 Å². The van der Waals surface area contributed by atoms with Crippen molar-refractivity contribution in [1.82, 2.24) is 0 Å². The molecule has 90 valence electrons. The second-order valence-corrected chi connectivity index (χ2v) is 5.19. The summed E-state index contributed by atoms with van der Waals surface area (Å²) in [5, 5.41) is 0. The predicted molar refractivity (Wildman–Crippen MR) is 69.1 cm³/mol. The second kappa shape index (κ2) is 4.63. The molecule has 0 aliphatic heterocycles. The molecule has 17 heavy (non-hydrogen) atoms. The second-order valence-electron chi connectivity index (χ2n) is 4.39. The lowest BCUT2D eigenvalue weighted by atomic mass is 9.72. The van der Waals surface area contributed by atoms with Crippen molar-refractivity contribution < 1.29 is 9.53 Å². The molecule has 4 heteroatoms. The first-order valence-corrected chi connectivity index (χ1v) is 6.36. The standard InChI is InChI=1S/C13H14BrNO2/c1-9-6-10(17-2)7-11(12(9)14)13(15-8-16)4-3-5-13/h6-7H,3-5H2,1-2H3. The van der Waals surface area contributed by atoms with Gasteiger partial charge in [-0.25, -0.2) is 4.79 Å². The summed E-state index contributed by atoms with van der Waals surface area (Å²) in [6, 6.07) is 3.92. The van der Waals surface area contributed by atoms with Crippen molar-refractivity contribution in [3.8, 4) is 5.75 Å². The molecule has 1 aromatic rings. The van der Waals surface area contributed by atoms with Crippen LogP contribution in [0, 0.1) is 6.92 Å². The number of aliphatic imine (C=N–C) groups is 1. The zero-order valence-corrected chi connectivity index (χ0v) is 11.5. The Bertz CT molecular complexity index is 488. The molecule has 1 aromatic carbocycles. The zero-order chi connectivity index (χ0) is 12.5. The summed E-state index contributed by atoms with van der Waals surface area (Å²) < 4.78 is 6.28. The summed E-state index contributed by atoms with van der Waals surface area (Å²) in [5.74, 6) is 0.799. The highest BCUT2D eigenvalue weighted by Gasteiger charge is 2.40. The number of hydrogen-bond donors (Lipinski definition) is 0.